The molecular formula is C24H25F3N4O2. The van der Waals surface area contributed by atoms with Crippen molar-refractivity contribution < 1.29 is 17.6 Å². The Labute approximate surface area is 188 Å². The summed E-state index contributed by atoms with van der Waals surface area (Å²) in [5.41, 5.74) is 1.44. The summed E-state index contributed by atoms with van der Waals surface area (Å²) in [5, 5.41) is 0.734. The molecule has 9 heteroatoms. The molecule has 1 aromatic carbocycles. The van der Waals surface area contributed by atoms with Gasteiger partial charge in [-0.15, -0.1) is 0 Å². The van der Waals surface area contributed by atoms with Gasteiger partial charge in [-0.2, -0.15) is 13.2 Å². The topological polar surface area (TPSA) is 54.5 Å². The monoisotopic (exact) mass is 458 g/mol. The summed E-state index contributed by atoms with van der Waals surface area (Å²) in [6.07, 6.45) is -0.557. The maximum atomic E-state index is 13.1. The van der Waals surface area contributed by atoms with Crippen LogP contribution in [0.1, 0.15) is 19.7 Å². The average molecular weight is 458 g/mol. The van der Waals surface area contributed by atoms with Crippen LogP contribution in [0.25, 0.3) is 28.4 Å². The lowest BCUT2D eigenvalue weighted by Gasteiger charge is -2.43. The smallest absolute Gasteiger partial charge is 0.395 e. The van der Waals surface area contributed by atoms with Gasteiger partial charge < -0.3 is 13.9 Å². The second-order valence-electron chi connectivity index (χ2n) is 9.08. The number of hydrogen-bond acceptors (Lipinski definition) is 5. The van der Waals surface area contributed by atoms with E-state index in [1.54, 1.807) is 12.3 Å². The van der Waals surface area contributed by atoms with Gasteiger partial charge in [0.2, 0.25) is 0 Å². The molecule has 6 nitrogen and oxygen atoms in total. The first kappa shape index (κ1) is 21.8. The predicted octanol–water partition coefficient (Wildman–Crippen LogP) is 4.39. The first-order valence-corrected chi connectivity index (χ1v) is 11.0. The van der Waals surface area contributed by atoms with Crippen molar-refractivity contribution in [2.45, 2.75) is 38.5 Å². The van der Waals surface area contributed by atoms with Gasteiger partial charge >= 0.3 is 11.8 Å². The van der Waals surface area contributed by atoms with Crippen LogP contribution in [0.4, 0.5) is 18.9 Å². The Hall–Kier alpha value is -3.07. The third kappa shape index (κ3) is 3.94. The number of aromatic nitrogens is 2. The number of anilines is 1. The molecule has 3 atom stereocenters. The maximum absolute atomic E-state index is 13.1. The van der Waals surface area contributed by atoms with Gasteiger partial charge in [0.1, 0.15) is 11.4 Å². The number of rotatable bonds is 2. The van der Waals surface area contributed by atoms with Crippen molar-refractivity contribution in [1.29, 1.82) is 0 Å². The molecule has 1 fully saturated rings. The van der Waals surface area contributed by atoms with Crippen molar-refractivity contribution in [2.75, 3.05) is 25.0 Å². The van der Waals surface area contributed by atoms with Crippen molar-refractivity contribution in [3.05, 3.63) is 52.8 Å². The van der Waals surface area contributed by atoms with Crippen molar-refractivity contribution >= 4 is 22.9 Å². The van der Waals surface area contributed by atoms with E-state index in [4.69, 9.17) is 4.42 Å². The van der Waals surface area contributed by atoms with Gasteiger partial charge in [0.05, 0.1) is 17.2 Å². The van der Waals surface area contributed by atoms with E-state index in [1.807, 2.05) is 18.2 Å². The van der Waals surface area contributed by atoms with Gasteiger partial charge in [-0.3, -0.25) is 4.90 Å². The van der Waals surface area contributed by atoms with Gasteiger partial charge in [-0.05, 0) is 39.1 Å². The molecule has 5 rings (SSSR count). The van der Waals surface area contributed by atoms with Crippen molar-refractivity contribution in [3.8, 4) is 11.3 Å². The first-order chi connectivity index (χ1) is 15.6. The highest BCUT2D eigenvalue weighted by atomic mass is 19.4. The largest absolute Gasteiger partial charge is 0.422 e. The van der Waals surface area contributed by atoms with Crippen LogP contribution in [0.15, 0.2) is 45.8 Å². The fourth-order valence-corrected chi connectivity index (χ4v) is 4.62. The minimum absolute atomic E-state index is 0.232. The molecule has 0 spiro atoms. The van der Waals surface area contributed by atoms with Crippen LogP contribution >= 0.6 is 0 Å². The highest BCUT2D eigenvalue weighted by molar-refractivity contribution is 5.84. The second-order valence-corrected chi connectivity index (χ2v) is 9.08. The Morgan fingerprint density at radius 1 is 1.12 bits per heavy atom. The van der Waals surface area contributed by atoms with Crippen LogP contribution in [0.3, 0.4) is 0 Å². The first-order valence-electron chi connectivity index (χ1n) is 11.0. The SMILES string of the molecule is C[C@@H]1CN(c2ccc3cc(-c4cn5c(n4)CC(C(F)(F)F)C=C5)c(=O)oc3c2)C[C@H](C)N1C. The van der Waals surface area contributed by atoms with E-state index >= 15 is 0 Å². The van der Waals surface area contributed by atoms with E-state index in [0.717, 1.165) is 30.2 Å². The maximum Gasteiger partial charge on any atom is 0.395 e. The number of halogens is 3. The second kappa shape index (κ2) is 7.76. The zero-order valence-corrected chi connectivity index (χ0v) is 18.6. The summed E-state index contributed by atoms with van der Waals surface area (Å²) < 4.78 is 46.4. The van der Waals surface area contributed by atoms with Crippen LogP contribution in [-0.4, -0.2) is 52.8 Å². The lowest BCUT2D eigenvalue weighted by Crippen LogP contribution is -2.55. The van der Waals surface area contributed by atoms with Crippen molar-refractivity contribution in [1.82, 2.24) is 14.5 Å². The Kier molecular flexibility index (Phi) is 5.12. The van der Waals surface area contributed by atoms with Gasteiger partial charge in [0.15, 0.2) is 0 Å². The van der Waals surface area contributed by atoms with E-state index in [0.29, 0.717) is 23.4 Å². The molecule has 0 radical (unpaired) electrons. The fourth-order valence-electron chi connectivity index (χ4n) is 4.62. The van der Waals surface area contributed by atoms with Crippen molar-refractivity contribution in [2.24, 2.45) is 5.92 Å². The van der Waals surface area contributed by atoms with Crippen molar-refractivity contribution in [3.63, 3.8) is 0 Å². The molecule has 0 N–H and O–H groups in total. The normalized spacial score (nSPS) is 23.8. The molecule has 174 valence electrons. The zero-order chi connectivity index (χ0) is 23.5. The van der Waals surface area contributed by atoms with E-state index in [9.17, 15) is 18.0 Å². The average Bonchev–Trinajstić information content (AvgIpc) is 3.18. The zero-order valence-electron chi connectivity index (χ0n) is 18.6. The summed E-state index contributed by atoms with van der Waals surface area (Å²) in [4.78, 5) is 21.7. The molecule has 0 saturated carbocycles. The molecule has 0 bridgehead atoms. The molecule has 1 saturated heterocycles. The number of benzene rings is 1. The van der Waals surface area contributed by atoms with Crippen LogP contribution in [0, 0.1) is 5.92 Å². The predicted molar refractivity (Wildman–Crippen MR) is 121 cm³/mol. The third-order valence-electron chi connectivity index (χ3n) is 6.83. The van der Waals surface area contributed by atoms with Gasteiger partial charge in [0, 0.05) is 61.1 Å². The number of imidazole rings is 1. The summed E-state index contributed by atoms with van der Waals surface area (Å²) >= 11 is 0. The highest BCUT2D eigenvalue weighted by Crippen LogP contribution is 2.34. The highest BCUT2D eigenvalue weighted by Gasteiger charge is 2.40. The molecule has 3 aromatic rings. The minimum atomic E-state index is -4.33. The van der Waals surface area contributed by atoms with Crippen LogP contribution < -0.4 is 10.5 Å². The van der Waals surface area contributed by atoms with Crippen LogP contribution in [-0.2, 0) is 6.42 Å². The Morgan fingerprint density at radius 2 is 1.85 bits per heavy atom. The van der Waals surface area contributed by atoms with E-state index < -0.39 is 17.7 Å². The molecule has 2 aliphatic rings. The summed E-state index contributed by atoms with van der Waals surface area (Å²) in [7, 11) is 2.13. The number of alkyl halides is 3. The summed E-state index contributed by atoms with van der Waals surface area (Å²) in [5.74, 6) is -1.31. The number of piperazine rings is 1. The van der Waals surface area contributed by atoms with E-state index in [-0.39, 0.29) is 17.8 Å². The number of likely N-dealkylation sites (N-methyl/N-ethyl adjacent to an activating group) is 1. The lowest BCUT2D eigenvalue weighted by atomic mass is 10.0. The molecule has 0 amide bonds. The number of allylic oxidation sites excluding steroid dienone is 1. The number of hydrogen-bond donors (Lipinski definition) is 0. The number of fused-ring (bicyclic) bond motifs is 2. The van der Waals surface area contributed by atoms with E-state index in [2.05, 4.69) is 35.7 Å². The molecule has 0 aliphatic carbocycles. The quantitative estimate of drug-likeness (QED) is 0.533. The van der Waals surface area contributed by atoms with Gasteiger partial charge in [0.25, 0.3) is 0 Å². The third-order valence-corrected chi connectivity index (χ3v) is 6.83. The minimum Gasteiger partial charge on any atom is -0.422 e. The summed E-state index contributed by atoms with van der Waals surface area (Å²) in [6.45, 7) is 6.13. The Morgan fingerprint density at radius 3 is 2.55 bits per heavy atom. The van der Waals surface area contributed by atoms with E-state index in [1.165, 1.54) is 10.8 Å². The lowest BCUT2D eigenvalue weighted by molar-refractivity contribution is -0.161. The molecule has 33 heavy (non-hydrogen) atoms. The standard InChI is InChI=1S/C24H25F3N4O2/c1-14-11-31(12-15(2)29(14)3)18-5-4-16-8-19(23(32)33-21(16)10-18)20-13-30-7-6-17(24(25,26)27)9-22(30)28-20/h4-8,10,13-15,17H,9,11-12H2,1-3H3/t14-,15+,17?. The fraction of sp³-hybridized carbons (Fsp3) is 0.417. The van der Waals surface area contributed by atoms with Gasteiger partial charge in [-0.25, -0.2) is 9.78 Å². The molecule has 2 aliphatic heterocycles. The Bertz CT molecular complexity index is 1280. The van der Waals surface area contributed by atoms with Crippen LogP contribution in [0.5, 0.6) is 0 Å². The Balaban J connectivity index is 1.46. The molecule has 2 aromatic heterocycles. The number of nitrogens with zero attached hydrogens (tertiary/aromatic N) is 4. The summed E-state index contributed by atoms with van der Waals surface area (Å²) in [6, 6.07) is 8.28. The molecule has 4 heterocycles. The molecular weight excluding hydrogens is 433 g/mol. The molecule has 1 unspecified atom stereocenters. The van der Waals surface area contributed by atoms with Crippen LogP contribution in [0.2, 0.25) is 0 Å². The van der Waals surface area contributed by atoms with Gasteiger partial charge in [-0.1, -0.05) is 6.08 Å².